The molecule has 1 aromatic carbocycles. The highest BCUT2D eigenvalue weighted by atomic mass is 35.5. The lowest BCUT2D eigenvalue weighted by atomic mass is 10.2. The molecule has 1 saturated heterocycles. The summed E-state index contributed by atoms with van der Waals surface area (Å²) in [6, 6.07) is 4.72. The molecule has 1 aliphatic heterocycles. The highest BCUT2D eigenvalue weighted by molar-refractivity contribution is 7.99. The van der Waals surface area contributed by atoms with Crippen molar-refractivity contribution in [1.29, 1.82) is 0 Å². The predicted molar refractivity (Wildman–Crippen MR) is 66.2 cm³/mol. The maximum Gasteiger partial charge on any atom is 0.321 e. The maximum absolute atomic E-state index is 10.8. The van der Waals surface area contributed by atoms with Gasteiger partial charge in [0.15, 0.2) is 0 Å². The van der Waals surface area contributed by atoms with E-state index in [0.717, 1.165) is 5.56 Å². The van der Waals surface area contributed by atoms with Crippen molar-refractivity contribution in [2.45, 2.75) is 11.4 Å². The summed E-state index contributed by atoms with van der Waals surface area (Å²) in [4.78, 5) is 10.8. The molecule has 2 rings (SSSR count). The van der Waals surface area contributed by atoms with Gasteiger partial charge in [0.25, 0.3) is 0 Å². The zero-order valence-electron chi connectivity index (χ0n) is 8.11. The van der Waals surface area contributed by atoms with Crippen molar-refractivity contribution >= 4 is 40.9 Å². The number of halogens is 2. The van der Waals surface area contributed by atoms with Crippen molar-refractivity contribution in [1.82, 2.24) is 5.32 Å². The first-order chi connectivity index (χ1) is 7.58. The van der Waals surface area contributed by atoms with E-state index >= 15 is 0 Å². The fourth-order valence-electron chi connectivity index (χ4n) is 1.51. The number of carboxylic acid groups (broad SMARTS) is 1. The zero-order chi connectivity index (χ0) is 11.7. The van der Waals surface area contributed by atoms with Crippen LogP contribution in [0.15, 0.2) is 18.2 Å². The van der Waals surface area contributed by atoms with E-state index in [9.17, 15) is 4.79 Å². The molecule has 0 bridgehead atoms. The lowest BCUT2D eigenvalue weighted by Gasteiger charge is -2.13. The summed E-state index contributed by atoms with van der Waals surface area (Å²) in [7, 11) is 0. The summed E-state index contributed by atoms with van der Waals surface area (Å²) in [6.45, 7) is 0. The van der Waals surface area contributed by atoms with Gasteiger partial charge in [0.1, 0.15) is 6.04 Å². The third kappa shape index (κ3) is 2.46. The van der Waals surface area contributed by atoms with E-state index in [2.05, 4.69) is 5.32 Å². The Bertz CT molecular complexity index is 427. The number of benzene rings is 1. The summed E-state index contributed by atoms with van der Waals surface area (Å²) in [6.07, 6.45) is 0. The van der Waals surface area contributed by atoms with E-state index in [1.807, 2.05) is 6.07 Å². The van der Waals surface area contributed by atoms with Gasteiger partial charge in [0.05, 0.1) is 5.37 Å². The molecule has 0 saturated carbocycles. The number of thioether (sulfide) groups is 1. The van der Waals surface area contributed by atoms with E-state index in [1.54, 1.807) is 12.1 Å². The molecule has 3 nitrogen and oxygen atoms in total. The molecule has 1 fully saturated rings. The molecule has 86 valence electrons. The Kier molecular flexibility index (Phi) is 3.64. The van der Waals surface area contributed by atoms with Gasteiger partial charge in [-0.05, 0) is 17.7 Å². The molecule has 0 aromatic heterocycles. The Morgan fingerprint density at radius 2 is 2.25 bits per heavy atom. The average molecular weight is 278 g/mol. The highest BCUT2D eigenvalue weighted by Crippen LogP contribution is 2.37. The molecule has 16 heavy (non-hydrogen) atoms. The molecule has 0 aliphatic carbocycles. The minimum Gasteiger partial charge on any atom is -0.480 e. The molecular formula is C10H9Cl2NO2S. The monoisotopic (exact) mass is 277 g/mol. The van der Waals surface area contributed by atoms with Crippen LogP contribution in [0.4, 0.5) is 0 Å². The van der Waals surface area contributed by atoms with Gasteiger partial charge in [-0.1, -0.05) is 29.3 Å². The quantitative estimate of drug-likeness (QED) is 0.873. The predicted octanol–water partition coefficient (Wildman–Crippen LogP) is 2.78. The van der Waals surface area contributed by atoms with Gasteiger partial charge in [-0.2, -0.15) is 0 Å². The largest absolute Gasteiger partial charge is 0.480 e. The van der Waals surface area contributed by atoms with Crippen molar-refractivity contribution in [2.75, 3.05) is 5.75 Å². The molecule has 0 spiro atoms. The lowest BCUT2D eigenvalue weighted by Crippen LogP contribution is -2.33. The SMILES string of the molecule is O=C(O)[C@@H]1CSC(c2ccc(Cl)cc2Cl)N1. The van der Waals surface area contributed by atoms with E-state index in [4.69, 9.17) is 28.3 Å². The second-order valence-electron chi connectivity index (χ2n) is 3.44. The summed E-state index contributed by atoms with van der Waals surface area (Å²) in [5.41, 5.74) is 0.875. The molecule has 2 N–H and O–H groups in total. The van der Waals surface area contributed by atoms with Crippen molar-refractivity contribution < 1.29 is 9.90 Å². The van der Waals surface area contributed by atoms with E-state index < -0.39 is 12.0 Å². The van der Waals surface area contributed by atoms with Crippen LogP contribution < -0.4 is 5.32 Å². The Labute approximate surface area is 107 Å². The van der Waals surface area contributed by atoms with Gasteiger partial charge >= 0.3 is 5.97 Å². The van der Waals surface area contributed by atoms with E-state index in [-0.39, 0.29) is 5.37 Å². The van der Waals surface area contributed by atoms with Crippen LogP contribution in [-0.4, -0.2) is 22.9 Å². The number of nitrogens with one attached hydrogen (secondary N) is 1. The van der Waals surface area contributed by atoms with E-state index in [0.29, 0.717) is 15.8 Å². The minimum atomic E-state index is -0.833. The van der Waals surface area contributed by atoms with Crippen molar-refractivity contribution in [3.63, 3.8) is 0 Å². The Balaban J connectivity index is 2.17. The second kappa shape index (κ2) is 4.84. The standard InChI is InChI=1S/C10H9Cl2NO2S/c11-5-1-2-6(7(12)3-5)9-13-8(4-16-9)10(14)15/h1-3,8-9,13H,4H2,(H,14,15)/t8-,9?/m0/s1. The Hall–Kier alpha value is -0.420. The van der Waals surface area contributed by atoms with Gasteiger partial charge in [-0.15, -0.1) is 11.8 Å². The summed E-state index contributed by atoms with van der Waals surface area (Å²) < 4.78 is 0. The maximum atomic E-state index is 10.8. The fourth-order valence-corrected chi connectivity index (χ4v) is 3.36. The smallest absolute Gasteiger partial charge is 0.321 e. The summed E-state index contributed by atoms with van der Waals surface area (Å²) >= 11 is 13.4. The first-order valence-corrected chi connectivity index (χ1v) is 6.44. The van der Waals surface area contributed by atoms with Crippen LogP contribution in [0.2, 0.25) is 10.0 Å². The first kappa shape index (κ1) is 12.0. The molecule has 0 radical (unpaired) electrons. The lowest BCUT2D eigenvalue weighted by molar-refractivity contribution is -0.138. The van der Waals surface area contributed by atoms with Crippen molar-refractivity contribution in [3.8, 4) is 0 Å². The highest BCUT2D eigenvalue weighted by Gasteiger charge is 2.31. The number of carbonyl (C=O) groups is 1. The topological polar surface area (TPSA) is 49.3 Å². The molecule has 1 aromatic rings. The van der Waals surface area contributed by atoms with Crippen LogP contribution in [0.5, 0.6) is 0 Å². The van der Waals surface area contributed by atoms with Gasteiger partial charge < -0.3 is 5.11 Å². The van der Waals surface area contributed by atoms with Crippen LogP contribution in [-0.2, 0) is 4.79 Å². The Morgan fingerprint density at radius 3 is 2.81 bits per heavy atom. The number of rotatable bonds is 2. The van der Waals surface area contributed by atoms with Crippen LogP contribution in [0.25, 0.3) is 0 Å². The molecule has 1 heterocycles. The average Bonchev–Trinajstić information content (AvgIpc) is 2.66. The second-order valence-corrected chi connectivity index (χ2v) is 5.42. The third-order valence-electron chi connectivity index (χ3n) is 2.33. The summed E-state index contributed by atoms with van der Waals surface area (Å²) in [5.74, 6) is -0.293. The van der Waals surface area contributed by atoms with Crippen molar-refractivity contribution in [2.24, 2.45) is 0 Å². The van der Waals surface area contributed by atoms with E-state index in [1.165, 1.54) is 11.8 Å². The van der Waals surface area contributed by atoms with Crippen LogP contribution in [0.1, 0.15) is 10.9 Å². The van der Waals surface area contributed by atoms with Gasteiger partial charge in [0, 0.05) is 15.8 Å². The Morgan fingerprint density at radius 1 is 1.50 bits per heavy atom. The number of carboxylic acids is 1. The van der Waals surface area contributed by atoms with Gasteiger partial charge in [-0.3, -0.25) is 10.1 Å². The first-order valence-electron chi connectivity index (χ1n) is 4.63. The van der Waals surface area contributed by atoms with Crippen LogP contribution in [0.3, 0.4) is 0 Å². The van der Waals surface area contributed by atoms with Crippen LogP contribution >= 0.6 is 35.0 Å². The molecule has 2 atom stereocenters. The molecule has 6 heteroatoms. The molecule has 1 unspecified atom stereocenters. The fraction of sp³-hybridized carbons (Fsp3) is 0.300. The van der Waals surface area contributed by atoms with Crippen molar-refractivity contribution in [3.05, 3.63) is 33.8 Å². The number of hydrogen-bond donors (Lipinski definition) is 2. The molecule has 0 amide bonds. The third-order valence-corrected chi connectivity index (χ3v) is 4.14. The molecular weight excluding hydrogens is 269 g/mol. The number of hydrogen-bond acceptors (Lipinski definition) is 3. The van der Waals surface area contributed by atoms with Gasteiger partial charge in [0.2, 0.25) is 0 Å². The van der Waals surface area contributed by atoms with Gasteiger partial charge in [-0.25, -0.2) is 0 Å². The zero-order valence-corrected chi connectivity index (χ0v) is 10.4. The minimum absolute atomic E-state index is 0.0779. The summed E-state index contributed by atoms with van der Waals surface area (Å²) in [5, 5.41) is 12.9. The normalized spacial score (nSPS) is 24.6. The van der Waals surface area contributed by atoms with Crippen LogP contribution in [0, 0.1) is 0 Å². The number of aliphatic carboxylic acids is 1. The molecule has 1 aliphatic rings.